The molecule has 0 bridgehead atoms. The Balaban J connectivity index is 1.89. The van der Waals surface area contributed by atoms with Crippen molar-refractivity contribution in [3.63, 3.8) is 0 Å². The molecule has 1 N–H and O–H groups in total. The van der Waals surface area contributed by atoms with Crippen molar-refractivity contribution in [2.24, 2.45) is 0 Å². The van der Waals surface area contributed by atoms with E-state index in [9.17, 15) is 4.79 Å². The normalized spacial score (nSPS) is 11.6. The lowest BCUT2D eigenvalue weighted by atomic mass is 10.1. The number of amides is 1. The maximum absolute atomic E-state index is 12.2. The van der Waals surface area contributed by atoms with Gasteiger partial charge in [-0.1, -0.05) is 24.3 Å². The van der Waals surface area contributed by atoms with Gasteiger partial charge in [0.05, 0.1) is 32.3 Å². The molecule has 0 saturated heterocycles. The molecular weight excluding hydrogens is 342 g/mol. The first-order valence-electron chi connectivity index (χ1n) is 9.42. The smallest absolute Gasteiger partial charge is 0.223 e. The third-order valence-electron chi connectivity index (χ3n) is 4.13. The van der Waals surface area contributed by atoms with E-state index in [1.54, 1.807) is 0 Å². The van der Waals surface area contributed by atoms with Crippen LogP contribution in [0.2, 0.25) is 0 Å². The molecule has 0 spiro atoms. The Hall–Kier alpha value is -2.69. The van der Waals surface area contributed by atoms with E-state index in [4.69, 9.17) is 14.2 Å². The van der Waals surface area contributed by atoms with Crippen molar-refractivity contribution in [1.29, 1.82) is 0 Å². The van der Waals surface area contributed by atoms with Gasteiger partial charge in [0.1, 0.15) is 5.75 Å². The first kappa shape index (κ1) is 20.6. The number of hydrogen-bond acceptors (Lipinski definition) is 4. The van der Waals surface area contributed by atoms with Crippen LogP contribution in [0.15, 0.2) is 42.5 Å². The molecule has 0 unspecified atom stereocenters. The molecule has 5 heteroatoms. The Kier molecular flexibility index (Phi) is 7.99. The minimum absolute atomic E-state index is 0.0528. The summed E-state index contributed by atoms with van der Waals surface area (Å²) in [5.41, 5.74) is 2.03. The van der Waals surface area contributed by atoms with E-state index in [2.05, 4.69) is 5.32 Å². The fourth-order valence-electron chi connectivity index (χ4n) is 2.71. The zero-order valence-electron chi connectivity index (χ0n) is 16.6. The highest BCUT2D eigenvalue weighted by molar-refractivity contribution is 5.76. The predicted molar refractivity (Wildman–Crippen MR) is 107 cm³/mol. The van der Waals surface area contributed by atoms with Crippen molar-refractivity contribution in [3.05, 3.63) is 53.6 Å². The van der Waals surface area contributed by atoms with Gasteiger partial charge in [0.2, 0.25) is 5.91 Å². The van der Waals surface area contributed by atoms with Crippen LogP contribution in [-0.2, 0) is 4.79 Å². The molecule has 0 heterocycles. The SMILES string of the molecule is CCOc1ccc([C@@H](C)NC(=O)CCOc2ccccc2C)cc1OCC. The summed E-state index contributed by atoms with van der Waals surface area (Å²) in [6.45, 7) is 9.28. The molecular formula is C22H29NO4. The molecule has 5 nitrogen and oxygen atoms in total. The van der Waals surface area contributed by atoms with Crippen LogP contribution in [0.25, 0.3) is 0 Å². The molecule has 0 saturated carbocycles. The van der Waals surface area contributed by atoms with Crippen molar-refractivity contribution in [2.45, 2.75) is 40.2 Å². The van der Waals surface area contributed by atoms with E-state index < -0.39 is 0 Å². The number of hydrogen-bond donors (Lipinski definition) is 1. The maximum atomic E-state index is 12.2. The van der Waals surface area contributed by atoms with Gasteiger partial charge in [0, 0.05) is 0 Å². The summed E-state index contributed by atoms with van der Waals surface area (Å²) in [6, 6.07) is 13.4. The van der Waals surface area contributed by atoms with E-state index in [1.807, 2.05) is 70.2 Å². The Bertz CT molecular complexity index is 745. The molecule has 2 rings (SSSR count). The summed E-state index contributed by atoms with van der Waals surface area (Å²) in [4.78, 5) is 12.2. The highest BCUT2D eigenvalue weighted by Crippen LogP contribution is 2.30. The van der Waals surface area contributed by atoms with E-state index in [0.29, 0.717) is 37.7 Å². The molecule has 27 heavy (non-hydrogen) atoms. The number of aryl methyl sites for hydroxylation is 1. The minimum atomic E-state index is -0.133. The highest BCUT2D eigenvalue weighted by atomic mass is 16.5. The minimum Gasteiger partial charge on any atom is -0.493 e. The summed E-state index contributed by atoms with van der Waals surface area (Å²) in [6.07, 6.45) is 0.300. The largest absolute Gasteiger partial charge is 0.493 e. The zero-order valence-corrected chi connectivity index (χ0v) is 16.6. The summed E-state index contributed by atoms with van der Waals surface area (Å²) < 4.78 is 16.9. The van der Waals surface area contributed by atoms with Crippen LogP contribution in [-0.4, -0.2) is 25.7 Å². The maximum Gasteiger partial charge on any atom is 0.223 e. The van der Waals surface area contributed by atoms with E-state index >= 15 is 0 Å². The molecule has 0 aliphatic carbocycles. The number of carbonyl (C=O) groups excluding carboxylic acids is 1. The van der Waals surface area contributed by atoms with Crippen molar-refractivity contribution >= 4 is 5.91 Å². The van der Waals surface area contributed by atoms with Gasteiger partial charge < -0.3 is 19.5 Å². The molecule has 0 aromatic heterocycles. The quantitative estimate of drug-likeness (QED) is 0.671. The molecule has 0 aliphatic rings. The average Bonchev–Trinajstić information content (AvgIpc) is 2.65. The summed E-state index contributed by atoms with van der Waals surface area (Å²) in [5, 5.41) is 3.00. The second-order valence-corrected chi connectivity index (χ2v) is 6.23. The lowest BCUT2D eigenvalue weighted by Crippen LogP contribution is -2.28. The van der Waals surface area contributed by atoms with Gasteiger partial charge in [-0.05, 0) is 57.0 Å². The number of benzene rings is 2. The number of carbonyl (C=O) groups is 1. The zero-order chi connectivity index (χ0) is 19.6. The average molecular weight is 371 g/mol. The Morgan fingerprint density at radius 3 is 2.37 bits per heavy atom. The Labute approximate surface area is 161 Å². The Morgan fingerprint density at radius 1 is 0.963 bits per heavy atom. The molecule has 1 atom stereocenters. The van der Waals surface area contributed by atoms with Crippen molar-refractivity contribution < 1.29 is 19.0 Å². The number of rotatable bonds is 10. The topological polar surface area (TPSA) is 56.8 Å². The molecule has 0 radical (unpaired) electrons. The summed E-state index contributed by atoms with van der Waals surface area (Å²) >= 11 is 0. The lowest BCUT2D eigenvalue weighted by Gasteiger charge is -2.18. The molecule has 1 amide bonds. The molecule has 0 fully saturated rings. The van der Waals surface area contributed by atoms with Gasteiger partial charge in [-0.2, -0.15) is 0 Å². The van der Waals surface area contributed by atoms with E-state index in [0.717, 1.165) is 16.9 Å². The third kappa shape index (κ3) is 6.20. The first-order chi connectivity index (χ1) is 13.0. The van der Waals surface area contributed by atoms with Crippen molar-refractivity contribution in [2.75, 3.05) is 19.8 Å². The number of nitrogens with one attached hydrogen (secondary N) is 1. The van der Waals surface area contributed by atoms with Gasteiger partial charge in [-0.15, -0.1) is 0 Å². The highest BCUT2D eigenvalue weighted by Gasteiger charge is 2.13. The van der Waals surface area contributed by atoms with Gasteiger partial charge in [-0.3, -0.25) is 4.79 Å². The second-order valence-electron chi connectivity index (χ2n) is 6.23. The van der Waals surface area contributed by atoms with E-state index in [1.165, 1.54) is 0 Å². The molecule has 2 aromatic carbocycles. The lowest BCUT2D eigenvalue weighted by molar-refractivity contribution is -0.122. The van der Waals surface area contributed by atoms with Gasteiger partial charge in [0.15, 0.2) is 11.5 Å². The molecule has 0 aliphatic heterocycles. The number of para-hydroxylation sites is 1. The van der Waals surface area contributed by atoms with Crippen molar-refractivity contribution in [1.82, 2.24) is 5.32 Å². The van der Waals surface area contributed by atoms with Gasteiger partial charge >= 0.3 is 0 Å². The van der Waals surface area contributed by atoms with Gasteiger partial charge in [-0.25, -0.2) is 0 Å². The van der Waals surface area contributed by atoms with E-state index in [-0.39, 0.29) is 11.9 Å². The second kappa shape index (κ2) is 10.5. The third-order valence-corrected chi connectivity index (χ3v) is 4.13. The molecule has 2 aromatic rings. The summed E-state index contributed by atoms with van der Waals surface area (Å²) in [5.74, 6) is 2.17. The van der Waals surface area contributed by atoms with Crippen LogP contribution in [0.5, 0.6) is 17.2 Å². The number of ether oxygens (including phenoxy) is 3. The van der Waals surface area contributed by atoms with Crippen LogP contribution in [0.3, 0.4) is 0 Å². The monoisotopic (exact) mass is 371 g/mol. The fraction of sp³-hybridized carbons (Fsp3) is 0.409. The van der Waals surface area contributed by atoms with Crippen LogP contribution in [0, 0.1) is 6.92 Å². The predicted octanol–water partition coefficient (Wildman–Crippen LogP) is 4.44. The first-order valence-corrected chi connectivity index (χ1v) is 9.42. The Morgan fingerprint density at radius 2 is 1.67 bits per heavy atom. The van der Waals surface area contributed by atoms with Crippen LogP contribution in [0.1, 0.15) is 44.4 Å². The molecule has 146 valence electrons. The van der Waals surface area contributed by atoms with Crippen LogP contribution in [0.4, 0.5) is 0 Å². The standard InChI is InChI=1S/C22H29NO4/c1-5-25-20-12-11-18(15-21(20)26-6-2)17(4)23-22(24)13-14-27-19-10-8-7-9-16(19)3/h7-12,15,17H,5-6,13-14H2,1-4H3,(H,23,24)/t17-/m1/s1. The fourth-order valence-corrected chi connectivity index (χ4v) is 2.71. The van der Waals surface area contributed by atoms with Crippen LogP contribution < -0.4 is 19.5 Å². The van der Waals surface area contributed by atoms with Crippen molar-refractivity contribution in [3.8, 4) is 17.2 Å². The summed E-state index contributed by atoms with van der Waals surface area (Å²) in [7, 11) is 0. The van der Waals surface area contributed by atoms with Gasteiger partial charge in [0.25, 0.3) is 0 Å². The van der Waals surface area contributed by atoms with Crippen LogP contribution >= 0.6 is 0 Å².